The van der Waals surface area contributed by atoms with Crippen LogP contribution >= 0.6 is 0 Å². The Balaban J connectivity index is 2.14. The van der Waals surface area contributed by atoms with Crippen molar-refractivity contribution in [2.24, 2.45) is 5.92 Å². The van der Waals surface area contributed by atoms with Crippen LogP contribution in [0.3, 0.4) is 0 Å². The third-order valence-electron chi connectivity index (χ3n) is 3.71. The lowest BCUT2D eigenvalue weighted by atomic mass is 9.86. The molecule has 1 fully saturated rings. The number of allylic oxidation sites excluding steroid dienone is 1. The van der Waals surface area contributed by atoms with Gasteiger partial charge < -0.3 is 15.2 Å². The minimum atomic E-state index is -1.19. The maximum absolute atomic E-state index is 12.0. The Hall–Kier alpha value is -2.10. The van der Waals surface area contributed by atoms with Crippen molar-refractivity contribution in [1.82, 2.24) is 0 Å². The van der Waals surface area contributed by atoms with E-state index in [-0.39, 0.29) is 17.3 Å². The maximum Gasteiger partial charge on any atom is 0.163 e. The summed E-state index contributed by atoms with van der Waals surface area (Å²) in [5, 5.41) is 13.9. The molecule has 1 saturated carbocycles. The number of hydrogen-bond donors (Lipinski definition) is 1. The highest BCUT2D eigenvalue weighted by molar-refractivity contribution is 5.97. The summed E-state index contributed by atoms with van der Waals surface area (Å²) < 4.78 is 0. The van der Waals surface area contributed by atoms with Crippen LogP contribution in [-0.4, -0.2) is 11.8 Å². The quantitative estimate of drug-likeness (QED) is 0.855. The number of aromatic carboxylic acids is 1. The molecule has 0 heterocycles. The van der Waals surface area contributed by atoms with Crippen LogP contribution in [0.4, 0.5) is 5.69 Å². The van der Waals surface area contributed by atoms with Crippen LogP contribution < -0.4 is 10.4 Å². The average molecular weight is 272 g/mol. The molecule has 20 heavy (non-hydrogen) atoms. The topological polar surface area (TPSA) is 69.2 Å². The third-order valence-corrected chi connectivity index (χ3v) is 3.71. The monoisotopic (exact) mass is 272 g/mol. The molecular formula is C16H18NO3-. The Morgan fingerprint density at radius 3 is 2.85 bits per heavy atom. The zero-order valence-electron chi connectivity index (χ0n) is 11.7. The van der Waals surface area contributed by atoms with Crippen molar-refractivity contribution in [3.8, 4) is 0 Å². The summed E-state index contributed by atoms with van der Waals surface area (Å²) >= 11 is 0. The van der Waals surface area contributed by atoms with Gasteiger partial charge in [-0.05, 0) is 49.4 Å². The Morgan fingerprint density at radius 2 is 2.20 bits per heavy atom. The molecule has 4 heteroatoms. The number of benzene rings is 1. The van der Waals surface area contributed by atoms with Crippen LogP contribution in [0.1, 0.15) is 42.1 Å². The SMILES string of the molecule is Cc1cc(C(=O)[O-])ccc1N/C=C1/CCC[C@@H](C)C1=O. The first kappa shape index (κ1) is 14.3. The van der Waals surface area contributed by atoms with E-state index < -0.39 is 5.97 Å². The lowest BCUT2D eigenvalue weighted by Gasteiger charge is -2.19. The second-order valence-electron chi connectivity index (χ2n) is 5.29. The van der Waals surface area contributed by atoms with Gasteiger partial charge in [0.1, 0.15) is 0 Å². The highest BCUT2D eigenvalue weighted by atomic mass is 16.4. The van der Waals surface area contributed by atoms with Crippen LogP contribution in [-0.2, 0) is 4.79 Å². The molecule has 1 N–H and O–H groups in total. The molecule has 0 aliphatic heterocycles. The van der Waals surface area contributed by atoms with Gasteiger partial charge >= 0.3 is 0 Å². The van der Waals surface area contributed by atoms with Crippen molar-refractivity contribution in [3.63, 3.8) is 0 Å². The first-order valence-electron chi connectivity index (χ1n) is 6.81. The van der Waals surface area contributed by atoms with Crippen LogP contribution in [0, 0.1) is 12.8 Å². The summed E-state index contributed by atoms with van der Waals surface area (Å²) in [6, 6.07) is 4.74. The fourth-order valence-electron chi connectivity index (χ4n) is 2.43. The summed E-state index contributed by atoms with van der Waals surface area (Å²) in [6.45, 7) is 3.77. The van der Waals surface area contributed by atoms with Crippen LogP contribution in [0.2, 0.25) is 0 Å². The van der Waals surface area contributed by atoms with Gasteiger partial charge in [0.25, 0.3) is 0 Å². The van der Waals surface area contributed by atoms with Gasteiger partial charge in [-0.2, -0.15) is 0 Å². The Labute approximate surface area is 118 Å². The molecule has 1 aliphatic rings. The first-order chi connectivity index (χ1) is 9.49. The molecule has 1 aromatic rings. The van der Waals surface area contributed by atoms with E-state index in [2.05, 4.69) is 5.32 Å². The van der Waals surface area contributed by atoms with Gasteiger partial charge in [0, 0.05) is 23.4 Å². The van der Waals surface area contributed by atoms with E-state index in [4.69, 9.17) is 0 Å². The smallest absolute Gasteiger partial charge is 0.163 e. The number of carbonyl (C=O) groups is 2. The van der Waals surface area contributed by atoms with Gasteiger partial charge in [-0.25, -0.2) is 0 Å². The highest BCUT2D eigenvalue weighted by Crippen LogP contribution is 2.25. The maximum atomic E-state index is 12.0. The Morgan fingerprint density at radius 1 is 1.45 bits per heavy atom. The fourth-order valence-corrected chi connectivity index (χ4v) is 2.43. The lowest BCUT2D eigenvalue weighted by Crippen LogP contribution is -2.22. The number of carboxylic acids is 1. The van der Waals surface area contributed by atoms with E-state index in [1.54, 1.807) is 18.3 Å². The molecule has 0 saturated heterocycles. The molecule has 0 bridgehead atoms. The summed E-state index contributed by atoms with van der Waals surface area (Å²) in [4.78, 5) is 22.7. The molecule has 1 aliphatic carbocycles. The second kappa shape index (κ2) is 5.90. The van der Waals surface area contributed by atoms with Gasteiger partial charge in [0.05, 0.1) is 5.97 Å². The number of nitrogens with one attached hydrogen (secondary N) is 1. The fraction of sp³-hybridized carbons (Fsp3) is 0.375. The normalized spacial score (nSPS) is 21.0. The van der Waals surface area contributed by atoms with Gasteiger partial charge in [-0.3, -0.25) is 4.79 Å². The van der Waals surface area contributed by atoms with E-state index >= 15 is 0 Å². The number of hydrogen-bond acceptors (Lipinski definition) is 4. The van der Waals surface area contributed by atoms with Crippen molar-refractivity contribution in [3.05, 3.63) is 41.1 Å². The number of carbonyl (C=O) groups excluding carboxylic acids is 2. The number of Topliss-reactive ketones (excluding diaryl/α,β-unsaturated/α-hetero) is 1. The molecule has 1 atom stereocenters. The van der Waals surface area contributed by atoms with Crippen LogP contribution in [0.5, 0.6) is 0 Å². The minimum absolute atomic E-state index is 0.0957. The lowest BCUT2D eigenvalue weighted by molar-refractivity contribution is -0.255. The molecule has 0 amide bonds. The zero-order valence-corrected chi connectivity index (χ0v) is 11.7. The molecule has 0 aromatic heterocycles. The van der Waals surface area contributed by atoms with E-state index in [1.807, 2.05) is 13.8 Å². The van der Waals surface area contributed by atoms with Crippen molar-refractivity contribution >= 4 is 17.4 Å². The molecule has 106 valence electrons. The van der Waals surface area contributed by atoms with E-state index in [0.29, 0.717) is 0 Å². The van der Waals surface area contributed by atoms with E-state index in [1.165, 1.54) is 6.07 Å². The largest absolute Gasteiger partial charge is 0.545 e. The zero-order chi connectivity index (χ0) is 14.7. The summed E-state index contributed by atoms with van der Waals surface area (Å²) in [5.74, 6) is -0.889. The van der Waals surface area contributed by atoms with Gasteiger partial charge in [0.2, 0.25) is 0 Å². The summed E-state index contributed by atoms with van der Waals surface area (Å²) in [5.41, 5.74) is 2.57. The van der Waals surface area contributed by atoms with E-state index in [0.717, 1.165) is 36.1 Å². The summed E-state index contributed by atoms with van der Waals surface area (Å²) in [6.07, 6.45) is 4.53. The second-order valence-corrected chi connectivity index (χ2v) is 5.29. The predicted molar refractivity (Wildman–Crippen MR) is 75.2 cm³/mol. The minimum Gasteiger partial charge on any atom is -0.545 e. The Kier molecular flexibility index (Phi) is 4.23. The average Bonchev–Trinajstić information content (AvgIpc) is 2.41. The van der Waals surface area contributed by atoms with Gasteiger partial charge in [-0.15, -0.1) is 0 Å². The van der Waals surface area contributed by atoms with Crippen LogP contribution in [0.25, 0.3) is 0 Å². The third kappa shape index (κ3) is 3.07. The van der Waals surface area contributed by atoms with Crippen molar-refractivity contribution < 1.29 is 14.7 Å². The molecule has 0 unspecified atom stereocenters. The molecule has 2 rings (SSSR count). The van der Waals surface area contributed by atoms with Crippen molar-refractivity contribution in [2.45, 2.75) is 33.1 Å². The standard InChI is InChI=1S/C16H19NO3/c1-10-4-3-5-13(15(10)18)9-17-14-7-6-12(16(19)20)8-11(14)2/h6-10,17H,3-5H2,1-2H3,(H,19,20)/p-1/b13-9-/t10-/m1/s1. The highest BCUT2D eigenvalue weighted by Gasteiger charge is 2.22. The van der Waals surface area contributed by atoms with Crippen LogP contribution in [0.15, 0.2) is 30.0 Å². The molecule has 4 nitrogen and oxygen atoms in total. The molecule has 1 aromatic carbocycles. The van der Waals surface area contributed by atoms with E-state index in [9.17, 15) is 14.7 Å². The number of anilines is 1. The molecular weight excluding hydrogens is 254 g/mol. The molecule has 0 radical (unpaired) electrons. The van der Waals surface area contributed by atoms with Crippen molar-refractivity contribution in [1.29, 1.82) is 0 Å². The number of aryl methyl sites for hydroxylation is 1. The molecule has 0 spiro atoms. The van der Waals surface area contributed by atoms with Crippen molar-refractivity contribution in [2.75, 3.05) is 5.32 Å². The number of rotatable bonds is 3. The number of carboxylic acid groups (broad SMARTS) is 1. The van der Waals surface area contributed by atoms with Gasteiger partial charge in [-0.1, -0.05) is 13.0 Å². The first-order valence-corrected chi connectivity index (χ1v) is 6.81. The Bertz CT molecular complexity index is 575. The summed E-state index contributed by atoms with van der Waals surface area (Å²) in [7, 11) is 0. The van der Waals surface area contributed by atoms with Gasteiger partial charge in [0.15, 0.2) is 5.78 Å². The predicted octanol–water partition coefficient (Wildman–Crippen LogP) is 2.04. The number of ketones is 1.